The molecule has 1 amide bonds. The molecule has 0 aromatic carbocycles. The van der Waals surface area contributed by atoms with Crippen LogP contribution < -0.4 is 0 Å². The van der Waals surface area contributed by atoms with E-state index >= 15 is 0 Å². The summed E-state index contributed by atoms with van der Waals surface area (Å²) >= 11 is 0. The molecule has 2 nitrogen and oxygen atoms in total. The van der Waals surface area contributed by atoms with Gasteiger partial charge in [0.05, 0.1) is 0 Å². The second-order valence-corrected chi connectivity index (χ2v) is 6.51. The van der Waals surface area contributed by atoms with E-state index in [1.165, 1.54) is 19.3 Å². The van der Waals surface area contributed by atoms with E-state index in [4.69, 9.17) is 0 Å². The zero-order valence-corrected chi connectivity index (χ0v) is 12.7. The Balaban J connectivity index is 2.32. The lowest BCUT2D eigenvalue weighted by Gasteiger charge is -2.35. The highest BCUT2D eigenvalue weighted by atomic mass is 16.2. The summed E-state index contributed by atoms with van der Waals surface area (Å²) < 4.78 is 0. The highest BCUT2D eigenvalue weighted by molar-refractivity contribution is 5.74. The average molecular weight is 251 g/mol. The molecule has 0 N–H and O–H groups in total. The van der Waals surface area contributed by atoms with Crippen LogP contribution in [0.15, 0.2) is 12.2 Å². The maximum atomic E-state index is 11.7. The third-order valence-electron chi connectivity index (χ3n) is 3.78. The molecule has 18 heavy (non-hydrogen) atoms. The van der Waals surface area contributed by atoms with Crippen molar-refractivity contribution >= 4 is 5.91 Å². The van der Waals surface area contributed by atoms with Crippen molar-refractivity contribution in [1.29, 1.82) is 0 Å². The second-order valence-electron chi connectivity index (χ2n) is 6.51. The lowest BCUT2D eigenvalue weighted by atomic mass is 10.0. The molecule has 1 rings (SSSR count). The molecule has 0 heterocycles. The summed E-state index contributed by atoms with van der Waals surface area (Å²) in [5, 5.41) is 0. The van der Waals surface area contributed by atoms with Gasteiger partial charge in [-0.05, 0) is 58.3 Å². The summed E-state index contributed by atoms with van der Waals surface area (Å²) in [6.07, 6.45) is 9.47. The Hall–Kier alpha value is -0.790. The molecular formula is C16H29NO. The first-order valence-electron chi connectivity index (χ1n) is 7.29. The molecule has 0 bridgehead atoms. The van der Waals surface area contributed by atoms with Crippen molar-refractivity contribution < 1.29 is 4.79 Å². The van der Waals surface area contributed by atoms with Gasteiger partial charge in [0.15, 0.2) is 0 Å². The Morgan fingerprint density at radius 1 is 1.28 bits per heavy atom. The van der Waals surface area contributed by atoms with Gasteiger partial charge in [0, 0.05) is 19.0 Å². The highest BCUT2D eigenvalue weighted by Crippen LogP contribution is 2.43. The van der Waals surface area contributed by atoms with E-state index in [1.54, 1.807) is 6.92 Å². The SMILES string of the molecule is CC/C=C\CCC1CC1CN(C(C)=O)C(C)(C)C. The van der Waals surface area contributed by atoms with E-state index in [0.29, 0.717) is 0 Å². The van der Waals surface area contributed by atoms with Crippen molar-refractivity contribution in [1.82, 2.24) is 4.90 Å². The van der Waals surface area contributed by atoms with Crippen molar-refractivity contribution in [2.45, 2.75) is 65.8 Å². The van der Waals surface area contributed by atoms with Gasteiger partial charge in [0.2, 0.25) is 5.91 Å². The molecule has 0 spiro atoms. The van der Waals surface area contributed by atoms with Crippen molar-refractivity contribution in [3.63, 3.8) is 0 Å². The van der Waals surface area contributed by atoms with Crippen molar-refractivity contribution in [2.24, 2.45) is 11.8 Å². The molecule has 1 aliphatic carbocycles. The fourth-order valence-corrected chi connectivity index (χ4v) is 2.59. The Labute approximate surface area is 112 Å². The fraction of sp³-hybridized carbons (Fsp3) is 0.812. The second kappa shape index (κ2) is 6.40. The number of nitrogens with zero attached hydrogens (tertiary/aromatic N) is 1. The van der Waals surface area contributed by atoms with Crippen LogP contribution >= 0.6 is 0 Å². The largest absolute Gasteiger partial charge is 0.338 e. The number of carbonyl (C=O) groups excluding carboxylic acids is 1. The summed E-state index contributed by atoms with van der Waals surface area (Å²) in [7, 11) is 0. The van der Waals surface area contributed by atoms with Crippen LogP contribution in [-0.2, 0) is 4.79 Å². The molecule has 104 valence electrons. The molecule has 2 unspecified atom stereocenters. The lowest BCUT2D eigenvalue weighted by Crippen LogP contribution is -2.45. The smallest absolute Gasteiger partial charge is 0.219 e. The van der Waals surface area contributed by atoms with E-state index < -0.39 is 0 Å². The minimum Gasteiger partial charge on any atom is -0.338 e. The summed E-state index contributed by atoms with van der Waals surface area (Å²) in [6, 6.07) is 0. The highest BCUT2D eigenvalue weighted by Gasteiger charge is 2.39. The number of hydrogen-bond donors (Lipinski definition) is 0. The number of carbonyl (C=O) groups is 1. The van der Waals surface area contributed by atoms with Crippen LogP contribution in [-0.4, -0.2) is 22.9 Å². The summed E-state index contributed by atoms with van der Waals surface area (Å²) in [6.45, 7) is 11.2. The summed E-state index contributed by atoms with van der Waals surface area (Å²) in [5.74, 6) is 1.79. The molecule has 0 aromatic heterocycles. The van der Waals surface area contributed by atoms with Gasteiger partial charge in [-0.3, -0.25) is 4.79 Å². The topological polar surface area (TPSA) is 20.3 Å². The zero-order chi connectivity index (χ0) is 13.8. The van der Waals surface area contributed by atoms with Crippen LogP contribution in [0.25, 0.3) is 0 Å². The first kappa shape index (κ1) is 15.3. The number of allylic oxidation sites excluding steroid dienone is 2. The normalized spacial score (nSPS) is 23.4. The first-order chi connectivity index (χ1) is 8.36. The monoisotopic (exact) mass is 251 g/mol. The molecule has 2 heteroatoms. The van der Waals surface area contributed by atoms with Crippen LogP contribution in [0.2, 0.25) is 0 Å². The predicted octanol–water partition coefficient (Wildman–Crippen LogP) is 4.02. The Kier molecular flexibility index (Phi) is 5.43. The van der Waals surface area contributed by atoms with Gasteiger partial charge < -0.3 is 4.90 Å². The minimum absolute atomic E-state index is 0.0406. The molecule has 0 saturated heterocycles. The number of amides is 1. The van der Waals surface area contributed by atoms with Crippen molar-refractivity contribution in [2.75, 3.05) is 6.54 Å². The van der Waals surface area contributed by atoms with Crippen LogP contribution in [0.3, 0.4) is 0 Å². The predicted molar refractivity (Wildman–Crippen MR) is 77.4 cm³/mol. The molecule has 0 aromatic rings. The van der Waals surface area contributed by atoms with Gasteiger partial charge in [0.25, 0.3) is 0 Å². The lowest BCUT2D eigenvalue weighted by molar-refractivity contribution is -0.133. The molecule has 2 atom stereocenters. The minimum atomic E-state index is -0.0406. The Morgan fingerprint density at radius 2 is 1.94 bits per heavy atom. The standard InChI is InChI=1S/C16H29NO/c1-6-7-8-9-10-14-11-15(14)12-17(13(2)18)16(3,4)5/h7-8,14-15H,6,9-12H2,1-5H3/b8-7-. The third kappa shape index (κ3) is 4.83. The average Bonchev–Trinajstić information content (AvgIpc) is 2.98. The maximum Gasteiger partial charge on any atom is 0.219 e. The van der Waals surface area contributed by atoms with Crippen LogP contribution in [0.5, 0.6) is 0 Å². The van der Waals surface area contributed by atoms with Crippen molar-refractivity contribution in [3.8, 4) is 0 Å². The molecule has 0 radical (unpaired) electrons. The molecule has 0 aliphatic heterocycles. The number of rotatable bonds is 6. The van der Waals surface area contributed by atoms with E-state index in [2.05, 4.69) is 39.8 Å². The van der Waals surface area contributed by atoms with Gasteiger partial charge >= 0.3 is 0 Å². The van der Waals surface area contributed by atoms with Gasteiger partial charge in [-0.2, -0.15) is 0 Å². The summed E-state index contributed by atoms with van der Waals surface area (Å²) in [5.41, 5.74) is -0.0406. The van der Waals surface area contributed by atoms with Crippen LogP contribution in [0, 0.1) is 11.8 Å². The van der Waals surface area contributed by atoms with E-state index in [0.717, 1.165) is 24.8 Å². The van der Waals surface area contributed by atoms with E-state index in [1.807, 2.05) is 4.90 Å². The van der Waals surface area contributed by atoms with Gasteiger partial charge in [-0.25, -0.2) is 0 Å². The molecular weight excluding hydrogens is 222 g/mol. The molecule has 1 fully saturated rings. The van der Waals surface area contributed by atoms with E-state index in [-0.39, 0.29) is 11.4 Å². The number of hydrogen-bond acceptors (Lipinski definition) is 1. The Bertz CT molecular complexity index is 301. The Morgan fingerprint density at radius 3 is 2.44 bits per heavy atom. The molecule has 1 aliphatic rings. The van der Waals surface area contributed by atoms with Crippen LogP contribution in [0.1, 0.15) is 60.3 Å². The van der Waals surface area contributed by atoms with Crippen molar-refractivity contribution in [3.05, 3.63) is 12.2 Å². The van der Waals surface area contributed by atoms with Gasteiger partial charge in [0.1, 0.15) is 0 Å². The maximum absolute atomic E-state index is 11.7. The fourth-order valence-electron chi connectivity index (χ4n) is 2.59. The third-order valence-corrected chi connectivity index (χ3v) is 3.78. The van der Waals surface area contributed by atoms with Gasteiger partial charge in [-0.1, -0.05) is 19.1 Å². The quantitative estimate of drug-likeness (QED) is 0.653. The summed E-state index contributed by atoms with van der Waals surface area (Å²) in [4.78, 5) is 13.7. The van der Waals surface area contributed by atoms with E-state index in [9.17, 15) is 4.79 Å². The zero-order valence-electron chi connectivity index (χ0n) is 12.7. The molecule has 1 saturated carbocycles. The van der Waals surface area contributed by atoms with Gasteiger partial charge in [-0.15, -0.1) is 0 Å². The van der Waals surface area contributed by atoms with Crippen LogP contribution in [0.4, 0.5) is 0 Å². The first-order valence-corrected chi connectivity index (χ1v) is 7.29.